The van der Waals surface area contributed by atoms with E-state index >= 15 is 0 Å². The number of amides is 1. The number of nitrogens with one attached hydrogen (secondary N) is 1. The number of aromatic nitrogens is 3. The zero-order valence-corrected chi connectivity index (χ0v) is 18.7. The predicted molar refractivity (Wildman–Crippen MR) is 127 cm³/mol. The molecule has 6 rings (SSSR count). The van der Waals surface area contributed by atoms with Gasteiger partial charge in [0.05, 0.1) is 17.2 Å². The van der Waals surface area contributed by atoms with E-state index in [0.717, 1.165) is 53.2 Å². The van der Waals surface area contributed by atoms with E-state index in [0.29, 0.717) is 30.1 Å². The number of anilines is 1. The van der Waals surface area contributed by atoms with Gasteiger partial charge in [0.2, 0.25) is 5.91 Å². The third-order valence-corrected chi connectivity index (χ3v) is 7.79. The number of benzene rings is 2. The Hall–Kier alpha value is -3.28. The molecule has 4 atom stereocenters. The van der Waals surface area contributed by atoms with Crippen LogP contribution in [0.2, 0.25) is 0 Å². The summed E-state index contributed by atoms with van der Waals surface area (Å²) < 4.78 is 15.7. The number of hydrogen-bond acceptors (Lipinski definition) is 3. The summed E-state index contributed by atoms with van der Waals surface area (Å²) in [6.07, 6.45) is 8.69. The second-order valence-corrected chi connectivity index (χ2v) is 9.88. The number of fused-ring (bicyclic) bond motifs is 3. The van der Waals surface area contributed by atoms with Crippen molar-refractivity contribution in [3.05, 3.63) is 66.2 Å². The Morgan fingerprint density at radius 2 is 1.91 bits per heavy atom. The molecule has 0 saturated heterocycles. The highest BCUT2D eigenvalue weighted by Gasteiger charge is 2.42. The topological polar surface area (TPSA) is 59.8 Å². The van der Waals surface area contributed by atoms with Crippen LogP contribution >= 0.6 is 0 Å². The minimum atomic E-state index is -0.205. The van der Waals surface area contributed by atoms with E-state index in [9.17, 15) is 9.18 Å². The summed E-state index contributed by atoms with van der Waals surface area (Å²) in [4.78, 5) is 17.1. The van der Waals surface area contributed by atoms with E-state index in [1.54, 1.807) is 12.1 Å². The molecular weight excluding hydrogens is 415 g/mol. The number of hydrogen-bond donors (Lipinski definition) is 1. The van der Waals surface area contributed by atoms with Crippen LogP contribution in [0.1, 0.15) is 43.6 Å². The minimum absolute atomic E-state index is 0.0929. The molecule has 0 aliphatic heterocycles. The molecule has 2 aliphatic rings. The molecule has 1 amide bonds. The van der Waals surface area contributed by atoms with Crippen molar-refractivity contribution in [2.24, 2.45) is 24.8 Å². The highest BCUT2D eigenvalue weighted by atomic mass is 19.1. The fourth-order valence-corrected chi connectivity index (χ4v) is 6.37. The molecule has 2 saturated carbocycles. The molecule has 2 fully saturated rings. The van der Waals surface area contributed by atoms with Crippen molar-refractivity contribution in [2.75, 3.05) is 5.32 Å². The molecule has 33 heavy (non-hydrogen) atoms. The number of carbonyl (C=O) groups excluding carboxylic acids is 1. The smallest absolute Gasteiger partial charge is 0.224 e. The second-order valence-electron chi connectivity index (χ2n) is 9.88. The van der Waals surface area contributed by atoms with E-state index in [2.05, 4.69) is 21.5 Å². The highest BCUT2D eigenvalue weighted by molar-refractivity contribution is 5.93. The van der Waals surface area contributed by atoms with Gasteiger partial charge in [-0.1, -0.05) is 0 Å². The van der Waals surface area contributed by atoms with Gasteiger partial charge >= 0.3 is 0 Å². The van der Waals surface area contributed by atoms with Crippen molar-refractivity contribution in [2.45, 2.75) is 38.0 Å². The van der Waals surface area contributed by atoms with Gasteiger partial charge in [0.15, 0.2) is 0 Å². The largest absolute Gasteiger partial charge is 0.326 e. The molecule has 2 aliphatic carbocycles. The second kappa shape index (κ2) is 7.94. The Morgan fingerprint density at radius 1 is 1.09 bits per heavy atom. The maximum absolute atomic E-state index is 13.9. The SMILES string of the molecule is Cn1ncc2cc(NC(=O)C[C@@H]3C[C@@H]4C[C@H](c5ccnc6ccc(F)cc56)C[C@@H]4C3)ccc21. The zero-order valence-electron chi connectivity index (χ0n) is 18.7. The van der Waals surface area contributed by atoms with E-state index in [1.165, 1.54) is 11.6 Å². The molecule has 1 N–H and O–H groups in total. The summed E-state index contributed by atoms with van der Waals surface area (Å²) in [5, 5.41) is 9.32. The summed E-state index contributed by atoms with van der Waals surface area (Å²) >= 11 is 0. The molecule has 0 unspecified atom stereocenters. The fourth-order valence-electron chi connectivity index (χ4n) is 6.37. The quantitative estimate of drug-likeness (QED) is 0.434. The molecule has 6 heteroatoms. The number of carbonyl (C=O) groups is 1. The van der Waals surface area contributed by atoms with Gasteiger partial charge in [-0.3, -0.25) is 14.5 Å². The van der Waals surface area contributed by atoms with Crippen molar-refractivity contribution in [3.63, 3.8) is 0 Å². The first kappa shape index (κ1) is 20.3. The first-order valence-corrected chi connectivity index (χ1v) is 11.8. The Morgan fingerprint density at radius 3 is 2.73 bits per heavy atom. The highest BCUT2D eigenvalue weighted by Crippen LogP contribution is 2.53. The Kier molecular flexibility index (Phi) is 4.89. The van der Waals surface area contributed by atoms with Crippen LogP contribution in [0.15, 0.2) is 54.9 Å². The van der Waals surface area contributed by atoms with Crippen molar-refractivity contribution in [1.82, 2.24) is 14.8 Å². The first-order chi connectivity index (χ1) is 16.0. The maximum atomic E-state index is 13.9. The summed E-state index contributed by atoms with van der Waals surface area (Å²) in [5.74, 6) is 2.08. The van der Waals surface area contributed by atoms with Crippen LogP contribution < -0.4 is 5.32 Å². The van der Waals surface area contributed by atoms with Gasteiger partial charge in [0, 0.05) is 36.1 Å². The lowest BCUT2D eigenvalue weighted by molar-refractivity contribution is -0.117. The Labute approximate surface area is 192 Å². The monoisotopic (exact) mass is 442 g/mol. The number of nitrogens with zero attached hydrogens (tertiary/aromatic N) is 3. The number of aryl methyl sites for hydroxylation is 1. The Bertz CT molecular complexity index is 1350. The van der Waals surface area contributed by atoms with Gasteiger partial charge in [0.1, 0.15) is 5.82 Å². The zero-order chi connectivity index (χ0) is 22.5. The molecule has 2 heterocycles. The number of pyridine rings is 1. The van der Waals surface area contributed by atoms with Gasteiger partial charge in [-0.05, 0) is 97.4 Å². The van der Waals surface area contributed by atoms with E-state index in [-0.39, 0.29) is 11.7 Å². The van der Waals surface area contributed by atoms with Crippen molar-refractivity contribution >= 4 is 33.4 Å². The molecule has 2 aromatic carbocycles. The molecule has 2 aromatic heterocycles. The lowest BCUT2D eigenvalue weighted by Crippen LogP contribution is -2.15. The van der Waals surface area contributed by atoms with Gasteiger partial charge < -0.3 is 5.32 Å². The van der Waals surface area contributed by atoms with E-state index in [4.69, 9.17) is 0 Å². The van der Waals surface area contributed by atoms with Crippen LogP contribution in [-0.4, -0.2) is 20.7 Å². The third kappa shape index (κ3) is 3.77. The molecule has 0 radical (unpaired) electrons. The Balaban J connectivity index is 1.09. The van der Waals surface area contributed by atoms with Gasteiger partial charge in [-0.25, -0.2) is 4.39 Å². The number of rotatable bonds is 4. The molecular formula is C27H27FN4O. The molecule has 0 bridgehead atoms. The summed E-state index contributed by atoms with van der Waals surface area (Å²) in [5.41, 5.74) is 3.98. The summed E-state index contributed by atoms with van der Waals surface area (Å²) in [6.45, 7) is 0. The summed E-state index contributed by atoms with van der Waals surface area (Å²) in [6, 6.07) is 12.9. The standard InChI is InChI=1S/C27H27FN4O/c1-32-26-5-3-22(13-20(26)15-30-32)31-27(33)10-16-8-17-11-19(12-18(17)9-16)23-6-7-29-25-4-2-21(28)14-24(23)25/h2-7,13-19H,8-12H2,1H3,(H,31,33)/t16-,17-,18+,19+. The minimum Gasteiger partial charge on any atom is -0.326 e. The lowest BCUT2D eigenvalue weighted by Gasteiger charge is -2.17. The van der Waals surface area contributed by atoms with Crippen LogP contribution in [-0.2, 0) is 11.8 Å². The van der Waals surface area contributed by atoms with Crippen LogP contribution in [0.25, 0.3) is 21.8 Å². The van der Waals surface area contributed by atoms with Crippen LogP contribution in [0.5, 0.6) is 0 Å². The van der Waals surface area contributed by atoms with Crippen molar-refractivity contribution < 1.29 is 9.18 Å². The van der Waals surface area contributed by atoms with Crippen molar-refractivity contribution in [3.8, 4) is 0 Å². The van der Waals surface area contributed by atoms with Gasteiger partial charge in [-0.15, -0.1) is 0 Å². The lowest BCUT2D eigenvalue weighted by atomic mass is 9.89. The van der Waals surface area contributed by atoms with E-state index in [1.807, 2.05) is 42.3 Å². The fraction of sp³-hybridized carbons (Fsp3) is 0.370. The maximum Gasteiger partial charge on any atom is 0.224 e. The average molecular weight is 443 g/mol. The predicted octanol–water partition coefficient (Wildman–Crippen LogP) is 5.81. The van der Waals surface area contributed by atoms with Crippen LogP contribution in [0, 0.1) is 23.6 Å². The first-order valence-electron chi connectivity index (χ1n) is 11.8. The van der Waals surface area contributed by atoms with E-state index < -0.39 is 0 Å². The number of halogens is 1. The molecule has 4 aromatic rings. The van der Waals surface area contributed by atoms with Gasteiger partial charge in [0.25, 0.3) is 0 Å². The normalized spacial score (nSPS) is 24.4. The molecule has 5 nitrogen and oxygen atoms in total. The van der Waals surface area contributed by atoms with Crippen molar-refractivity contribution in [1.29, 1.82) is 0 Å². The third-order valence-electron chi connectivity index (χ3n) is 7.79. The molecule has 0 spiro atoms. The van der Waals surface area contributed by atoms with Gasteiger partial charge in [-0.2, -0.15) is 5.10 Å². The molecule has 168 valence electrons. The average Bonchev–Trinajstić information content (AvgIpc) is 3.46. The van der Waals surface area contributed by atoms with Crippen LogP contribution in [0.4, 0.5) is 10.1 Å². The van der Waals surface area contributed by atoms with Crippen LogP contribution in [0.3, 0.4) is 0 Å². The summed E-state index contributed by atoms with van der Waals surface area (Å²) in [7, 11) is 1.91.